The van der Waals surface area contributed by atoms with E-state index in [1.54, 1.807) is 0 Å². The molecular formula is C7H13N3O. The first-order chi connectivity index (χ1) is 5.23. The van der Waals surface area contributed by atoms with Crippen LogP contribution >= 0.6 is 0 Å². The Bertz CT molecular complexity index is 203. The van der Waals surface area contributed by atoms with Gasteiger partial charge in [-0.3, -0.25) is 0 Å². The molecule has 0 spiro atoms. The average Bonchev–Trinajstić information content (AvgIpc) is 2.55. The lowest BCUT2D eigenvalue weighted by atomic mass is 9.88. The topological polar surface area (TPSA) is 64.9 Å². The fourth-order valence-electron chi connectivity index (χ4n) is 0.819. The second-order valence-corrected chi connectivity index (χ2v) is 2.86. The summed E-state index contributed by atoms with van der Waals surface area (Å²) >= 11 is 0. The van der Waals surface area contributed by atoms with Crippen LogP contribution in [-0.2, 0) is 5.41 Å². The summed E-state index contributed by atoms with van der Waals surface area (Å²) in [6.07, 6.45) is 2.24. The minimum Gasteiger partial charge on any atom is -0.427 e. The van der Waals surface area contributed by atoms with Crippen LogP contribution in [0.4, 0.5) is 0 Å². The quantitative estimate of drug-likeness (QED) is 0.697. The van der Waals surface area contributed by atoms with E-state index in [1.165, 1.54) is 6.39 Å². The van der Waals surface area contributed by atoms with E-state index in [-0.39, 0.29) is 5.41 Å². The number of nitrogens with zero attached hydrogens (tertiary/aromatic N) is 2. The zero-order chi connectivity index (χ0) is 8.32. The van der Waals surface area contributed by atoms with Gasteiger partial charge in [0.05, 0.1) is 5.41 Å². The Balaban J connectivity index is 2.87. The first kappa shape index (κ1) is 8.20. The molecule has 4 nitrogen and oxygen atoms in total. The minimum absolute atomic E-state index is 0.156. The fourth-order valence-corrected chi connectivity index (χ4v) is 0.819. The van der Waals surface area contributed by atoms with Gasteiger partial charge in [0.1, 0.15) is 0 Å². The second-order valence-electron chi connectivity index (χ2n) is 2.86. The molecule has 0 aliphatic rings. The van der Waals surface area contributed by atoms with E-state index >= 15 is 0 Å². The summed E-state index contributed by atoms with van der Waals surface area (Å²) in [5.74, 6) is 0.627. The molecule has 62 valence electrons. The van der Waals surface area contributed by atoms with Gasteiger partial charge in [-0.25, -0.2) is 0 Å². The van der Waals surface area contributed by atoms with Gasteiger partial charge in [0.25, 0.3) is 0 Å². The van der Waals surface area contributed by atoms with Crippen LogP contribution in [0.15, 0.2) is 10.8 Å². The van der Waals surface area contributed by atoms with Crippen LogP contribution in [-0.4, -0.2) is 16.7 Å². The van der Waals surface area contributed by atoms with Crippen molar-refractivity contribution in [2.24, 2.45) is 5.73 Å². The molecule has 4 heteroatoms. The SMILES string of the molecule is CCC(C)(CN)c1nnco1. The smallest absolute Gasteiger partial charge is 0.223 e. The summed E-state index contributed by atoms with van der Waals surface area (Å²) in [5, 5.41) is 7.45. The van der Waals surface area contributed by atoms with Gasteiger partial charge in [-0.1, -0.05) is 6.92 Å². The maximum absolute atomic E-state index is 5.58. The van der Waals surface area contributed by atoms with Crippen molar-refractivity contribution in [2.45, 2.75) is 25.7 Å². The molecule has 1 rings (SSSR count). The Kier molecular flexibility index (Phi) is 2.24. The molecule has 1 aromatic heterocycles. The van der Waals surface area contributed by atoms with Crippen molar-refractivity contribution in [1.29, 1.82) is 0 Å². The van der Waals surface area contributed by atoms with Crippen LogP contribution in [0.1, 0.15) is 26.2 Å². The first-order valence-electron chi connectivity index (χ1n) is 3.69. The standard InChI is InChI=1S/C7H13N3O/c1-3-7(2,4-8)6-10-9-5-11-6/h5H,3-4,8H2,1-2H3. The van der Waals surface area contributed by atoms with Gasteiger partial charge in [-0.15, -0.1) is 10.2 Å². The van der Waals surface area contributed by atoms with Crippen molar-refractivity contribution in [3.8, 4) is 0 Å². The van der Waals surface area contributed by atoms with Gasteiger partial charge >= 0.3 is 0 Å². The number of rotatable bonds is 3. The van der Waals surface area contributed by atoms with Crippen LogP contribution in [0.3, 0.4) is 0 Å². The van der Waals surface area contributed by atoms with Gasteiger partial charge in [0.2, 0.25) is 12.3 Å². The van der Waals surface area contributed by atoms with Gasteiger partial charge in [0.15, 0.2) is 0 Å². The Hall–Kier alpha value is -0.900. The van der Waals surface area contributed by atoms with Crippen molar-refractivity contribution in [3.05, 3.63) is 12.3 Å². The van der Waals surface area contributed by atoms with E-state index in [2.05, 4.69) is 17.1 Å². The molecule has 0 aliphatic heterocycles. The molecule has 0 fully saturated rings. The highest BCUT2D eigenvalue weighted by Gasteiger charge is 2.27. The zero-order valence-electron chi connectivity index (χ0n) is 6.87. The molecular weight excluding hydrogens is 142 g/mol. The van der Waals surface area contributed by atoms with Crippen molar-refractivity contribution >= 4 is 0 Å². The monoisotopic (exact) mass is 155 g/mol. The number of nitrogens with two attached hydrogens (primary N) is 1. The lowest BCUT2D eigenvalue weighted by Gasteiger charge is -2.20. The molecule has 1 aromatic rings. The molecule has 1 unspecified atom stereocenters. The van der Waals surface area contributed by atoms with Crippen LogP contribution in [0.2, 0.25) is 0 Å². The minimum atomic E-state index is -0.156. The predicted octanol–water partition coefficient (Wildman–Crippen LogP) is 0.696. The van der Waals surface area contributed by atoms with Crippen molar-refractivity contribution in [3.63, 3.8) is 0 Å². The van der Waals surface area contributed by atoms with Crippen molar-refractivity contribution in [1.82, 2.24) is 10.2 Å². The highest BCUT2D eigenvalue weighted by molar-refractivity contribution is 5.00. The Morgan fingerprint density at radius 1 is 1.73 bits per heavy atom. The first-order valence-corrected chi connectivity index (χ1v) is 3.69. The van der Waals surface area contributed by atoms with Crippen molar-refractivity contribution in [2.75, 3.05) is 6.54 Å². The third kappa shape index (κ3) is 1.40. The van der Waals surface area contributed by atoms with Gasteiger partial charge in [0, 0.05) is 6.54 Å². The molecule has 1 heterocycles. The second kappa shape index (κ2) is 3.00. The Morgan fingerprint density at radius 3 is 2.82 bits per heavy atom. The van der Waals surface area contributed by atoms with Crippen LogP contribution < -0.4 is 5.73 Å². The highest BCUT2D eigenvalue weighted by Crippen LogP contribution is 2.23. The third-order valence-electron chi connectivity index (χ3n) is 2.11. The maximum Gasteiger partial charge on any atom is 0.223 e. The van der Waals surface area contributed by atoms with Crippen LogP contribution in [0.25, 0.3) is 0 Å². The fraction of sp³-hybridized carbons (Fsp3) is 0.714. The Morgan fingerprint density at radius 2 is 2.45 bits per heavy atom. The Labute approximate surface area is 65.8 Å². The summed E-state index contributed by atoms with van der Waals surface area (Å²) in [5.41, 5.74) is 5.42. The largest absolute Gasteiger partial charge is 0.427 e. The molecule has 0 aromatic carbocycles. The third-order valence-corrected chi connectivity index (χ3v) is 2.11. The van der Waals surface area contributed by atoms with Gasteiger partial charge in [-0.2, -0.15) is 0 Å². The number of aromatic nitrogens is 2. The molecule has 2 N–H and O–H groups in total. The normalized spacial score (nSPS) is 16.3. The van der Waals surface area contributed by atoms with Crippen LogP contribution in [0.5, 0.6) is 0 Å². The van der Waals surface area contributed by atoms with E-state index in [1.807, 2.05) is 6.92 Å². The molecule has 1 atom stereocenters. The summed E-state index contributed by atoms with van der Waals surface area (Å²) in [7, 11) is 0. The number of hydrogen-bond acceptors (Lipinski definition) is 4. The van der Waals surface area contributed by atoms with Crippen LogP contribution in [0, 0.1) is 0 Å². The van der Waals surface area contributed by atoms with Gasteiger partial charge < -0.3 is 10.2 Å². The highest BCUT2D eigenvalue weighted by atomic mass is 16.4. The van der Waals surface area contributed by atoms with E-state index < -0.39 is 0 Å². The molecule has 0 radical (unpaired) electrons. The molecule has 11 heavy (non-hydrogen) atoms. The average molecular weight is 155 g/mol. The lowest BCUT2D eigenvalue weighted by Crippen LogP contribution is -2.31. The van der Waals surface area contributed by atoms with E-state index in [9.17, 15) is 0 Å². The summed E-state index contributed by atoms with van der Waals surface area (Å²) in [6, 6.07) is 0. The van der Waals surface area contributed by atoms with E-state index in [0.29, 0.717) is 12.4 Å². The van der Waals surface area contributed by atoms with Gasteiger partial charge in [-0.05, 0) is 13.3 Å². The predicted molar refractivity (Wildman–Crippen MR) is 41.0 cm³/mol. The summed E-state index contributed by atoms with van der Waals surface area (Å²) in [4.78, 5) is 0. The van der Waals surface area contributed by atoms with Crippen molar-refractivity contribution < 1.29 is 4.42 Å². The molecule has 0 amide bonds. The zero-order valence-corrected chi connectivity index (χ0v) is 6.87. The molecule has 0 saturated heterocycles. The summed E-state index contributed by atoms with van der Waals surface area (Å²) in [6.45, 7) is 4.60. The number of hydrogen-bond donors (Lipinski definition) is 1. The summed E-state index contributed by atoms with van der Waals surface area (Å²) < 4.78 is 5.08. The molecule has 0 bridgehead atoms. The van der Waals surface area contributed by atoms with E-state index in [4.69, 9.17) is 10.2 Å². The van der Waals surface area contributed by atoms with E-state index in [0.717, 1.165) is 6.42 Å². The molecule has 0 aliphatic carbocycles. The lowest BCUT2D eigenvalue weighted by molar-refractivity contribution is 0.342. The molecule has 0 saturated carbocycles. The maximum atomic E-state index is 5.58.